The fraction of sp³-hybridized carbons (Fsp3) is 0.211. The standard InChI is InChI=1S/C19H16F3NO3S/c1-11(10-24)23-18(25)16-9-12-3-2-4-15(17(12)27-16)26-14-7-5-13(6-8-14)19(20,21)22/h2-9,11,24H,10H2,1H3,(H,23,25)/t11-/m1/s1. The molecule has 0 unspecified atom stereocenters. The number of rotatable bonds is 5. The van der Waals surface area contributed by atoms with Crippen LogP contribution in [0.5, 0.6) is 11.5 Å². The first-order valence-corrected chi connectivity index (χ1v) is 8.89. The second kappa shape index (κ2) is 7.58. The zero-order chi connectivity index (χ0) is 19.6. The zero-order valence-electron chi connectivity index (χ0n) is 14.2. The SMILES string of the molecule is C[C@H](CO)NC(=O)c1cc2cccc(Oc3ccc(C(F)(F)F)cc3)c2s1. The minimum atomic E-state index is -4.40. The fourth-order valence-corrected chi connectivity index (χ4v) is 3.42. The third kappa shape index (κ3) is 4.40. The summed E-state index contributed by atoms with van der Waals surface area (Å²) in [5.74, 6) is 0.411. The Morgan fingerprint density at radius 3 is 2.56 bits per heavy atom. The summed E-state index contributed by atoms with van der Waals surface area (Å²) in [6.45, 7) is 1.52. The Morgan fingerprint density at radius 2 is 1.93 bits per heavy atom. The van der Waals surface area contributed by atoms with Crippen molar-refractivity contribution < 1.29 is 27.8 Å². The molecule has 0 saturated carbocycles. The van der Waals surface area contributed by atoms with Crippen molar-refractivity contribution in [1.82, 2.24) is 5.32 Å². The van der Waals surface area contributed by atoms with Crippen molar-refractivity contribution >= 4 is 27.3 Å². The number of aliphatic hydroxyl groups excluding tert-OH is 1. The highest BCUT2D eigenvalue weighted by molar-refractivity contribution is 7.21. The number of carbonyl (C=O) groups is 1. The molecule has 27 heavy (non-hydrogen) atoms. The predicted octanol–water partition coefficient (Wildman–Crippen LogP) is 4.82. The number of hydrogen-bond acceptors (Lipinski definition) is 4. The van der Waals surface area contributed by atoms with E-state index in [0.29, 0.717) is 15.3 Å². The summed E-state index contributed by atoms with van der Waals surface area (Å²) in [6, 6.07) is 11.0. The molecular weight excluding hydrogens is 379 g/mol. The highest BCUT2D eigenvalue weighted by Crippen LogP contribution is 2.37. The highest BCUT2D eigenvalue weighted by Gasteiger charge is 2.30. The summed E-state index contributed by atoms with van der Waals surface area (Å²) >= 11 is 1.21. The third-order valence-electron chi connectivity index (χ3n) is 3.79. The monoisotopic (exact) mass is 395 g/mol. The van der Waals surface area contributed by atoms with Crippen LogP contribution in [0.3, 0.4) is 0 Å². The van der Waals surface area contributed by atoms with E-state index in [0.717, 1.165) is 17.5 Å². The van der Waals surface area contributed by atoms with Gasteiger partial charge in [-0.2, -0.15) is 13.2 Å². The maximum atomic E-state index is 12.7. The first-order valence-electron chi connectivity index (χ1n) is 8.07. The third-order valence-corrected chi connectivity index (χ3v) is 4.96. The molecule has 142 valence electrons. The van der Waals surface area contributed by atoms with E-state index in [1.807, 2.05) is 6.07 Å². The zero-order valence-corrected chi connectivity index (χ0v) is 15.0. The molecular formula is C19H16F3NO3S. The molecule has 0 aliphatic heterocycles. The van der Waals surface area contributed by atoms with Gasteiger partial charge in [0.2, 0.25) is 0 Å². The first kappa shape index (κ1) is 19.2. The van der Waals surface area contributed by atoms with Gasteiger partial charge in [-0.1, -0.05) is 12.1 Å². The van der Waals surface area contributed by atoms with Crippen LogP contribution < -0.4 is 10.1 Å². The van der Waals surface area contributed by atoms with E-state index in [-0.39, 0.29) is 24.3 Å². The fourth-order valence-electron chi connectivity index (χ4n) is 2.41. The van der Waals surface area contributed by atoms with Crippen molar-refractivity contribution in [3.05, 3.63) is 59.0 Å². The van der Waals surface area contributed by atoms with Gasteiger partial charge in [-0.15, -0.1) is 11.3 Å². The van der Waals surface area contributed by atoms with Crippen LogP contribution in [0.25, 0.3) is 10.1 Å². The van der Waals surface area contributed by atoms with Crippen molar-refractivity contribution in [3.8, 4) is 11.5 Å². The number of benzene rings is 2. The van der Waals surface area contributed by atoms with Crippen molar-refractivity contribution in [1.29, 1.82) is 0 Å². The molecule has 1 amide bonds. The molecule has 4 nitrogen and oxygen atoms in total. The molecule has 2 N–H and O–H groups in total. The lowest BCUT2D eigenvalue weighted by Crippen LogP contribution is -2.34. The lowest BCUT2D eigenvalue weighted by molar-refractivity contribution is -0.137. The Hall–Kier alpha value is -2.58. The van der Waals surface area contributed by atoms with Crippen molar-refractivity contribution in [2.45, 2.75) is 19.1 Å². The highest BCUT2D eigenvalue weighted by atomic mass is 32.1. The molecule has 1 heterocycles. The van der Waals surface area contributed by atoms with Crippen molar-refractivity contribution in [3.63, 3.8) is 0 Å². The van der Waals surface area contributed by atoms with E-state index < -0.39 is 11.7 Å². The number of amides is 1. The Bertz CT molecular complexity index is 951. The lowest BCUT2D eigenvalue weighted by Gasteiger charge is -2.09. The second-order valence-electron chi connectivity index (χ2n) is 5.97. The van der Waals surface area contributed by atoms with Crippen LogP contribution in [0.4, 0.5) is 13.2 Å². The minimum absolute atomic E-state index is 0.168. The van der Waals surface area contributed by atoms with Gasteiger partial charge >= 0.3 is 6.18 Å². The molecule has 0 fully saturated rings. The average Bonchev–Trinajstić information content (AvgIpc) is 3.07. The van der Waals surface area contributed by atoms with E-state index >= 15 is 0 Å². The quantitative estimate of drug-likeness (QED) is 0.651. The topological polar surface area (TPSA) is 58.6 Å². The van der Waals surface area contributed by atoms with Gasteiger partial charge < -0.3 is 15.2 Å². The van der Waals surface area contributed by atoms with Crippen LogP contribution in [0.1, 0.15) is 22.2 Å². The lowest BCUT2D eigenvalue weighted by atomic mass is 10.2. The molecule has 2 aromatic carbocycles. The van der Waals surface area contributed by atoms with Gasteiger partial charge in [0.25, 0.3) is 5.91 Å². The summed E-state index contributed by atoms with van der Waals surface area (Å²) in [7, 11) is 0. The van der Waals surface area contributed by atoms with Gasteiger partial charge in [-0.05, 0) is 48.7 Å². The van der Waals surface area contributed by atoms with E-state index in [2.05, 4.69) is 5.32 Å². The van der Waals surface area contributed by atoms with Crippen LogP contribution in [0.15, 0.2) is 48.5 Å². The molecule has 0 bridgehead atoms. The molecule has 0 radical (unpaired) electrons. The average molecular weight is 395 g/mol. The van der Waals surface area contributed by atoms with Gasteiger partial charge in [0.1, 0.15) is 11.5 Å². The number of aliphatic hydroxyl groups is 1. The molecule has 8 heteroatoms. The molecule has 3 aromatic rings. The first-order chi connectivity index (χ1) is 12.8. The minimum Gasteiger partial charge on any atom is -0.456 e. The molecule has 1 aromatic heterocycles. The Morgan fingerprint density at radius 1 is 1.22 bits per heavy atom. The maximum absolute atomic E-state index is 12.7. The summed E-state index contributed by atoms with van der Waals surface area (Å²) in [5, 5.41) is 12.5. The number of hydrogen-bond donors (Lipinski definition) is 2. The van der Waals surface area contributed by atoms with Crippen molar-refractivity contribution in [2.24, 2.45) is 0 Å². The smallest absolute Gasteiger partial charge is 0.416 e. The van der Waals surface area contributed by atoms with Crippen LogP contribution >= 0.6 is 11.3 Å². The van der Waals surface area contributed by atoms with E-state index in [9.17, 15) is 18.0 Å². The maximum Gasteiger partial charge on any atom is 0.416 e. The summed E-state index contributed by atoms with van der Waals surface area (Å²) in [4.78, 5) is 12.7. The van der Waals surface area contributed by atoms with Gasteiger partial charge in [-0.3, -0.25) is 4.79 Å². The molecule has 0 aliphatic rings. The number of ether oxygens (including phenoxy) is 1. The molecule has 3 rings (SSSR count). The Labute approximate surface area is 157 Å². The van der Waals surface area contributed by atoms with Crippen molar-refractivity contribution in [2.75, 3.05) is 6.61 Å². The van der Waals surface area contributed by atoms with Crippen LogP contribution in [0, 0.1) is 0 Å². The largest absolute Gasteiger partial charge is 0.456 e. The summed E-state index contributed by atoms with van der Waals surface area (Å²) in [5.41, 5.74) is -0.749. The van der Waals surface area contributed by atoms with Crippen LogP contribution in [0.2, 0.25) is 0 Å². The van der Waals surface area contributed by atoms with E-state index in [4.69, 9.17) is 9.84 Å². The molecule has 0 saturated heterocycles. The normalized spacial score (nSPS) is 12.8. The number of carbonyl (C=O) groups excluding carboxylic acids is 1. The number of halogens is 3. The van der Waals surface area contributed by atoms with E-state index in [1.54, 1.807) is 25.1 Å². The number of nitrogens with one attached hydrogen (secondary N) is 1. The van der Waals surface area contributed by atoms with Gasteiger partial charge in [0.15, 0.2) is 0 Å². The number of alkyl halides is 3. The number of thiophene rings is 1. The van der Waals surface area contributed by atoms with Crippen LogP contribution in [-0.4, -0.2) is 23.7 Å². The molecule has 0 spiro atoms. The summed E-state index contributed by atoms with van der Waals surface area (Å²) < 4.78 is 44.4. The summed E-state index contributed by atoms with van der Waals surface area (Å²) in [6.07, 6.45) is -4.40. The second-order valence-corrected chi connectivity index (χ2v) is 7.02. The van der Waals surface area contributed by atoms with Gasteiger partial charge in [0.05, 0.1) is 21.7 Å². The molecule has 1 atom stereocenters. The van der Waals surface area contributed by atoms with E-state index in [1.165, 1.54) is 23.5 Å². The Balaban J connectivity index is 1.86. The van der Waals surface area contributed by atoms with Gasteiger partial charge in [-0.25, -0.2) is 0 Å². The van der Waals surface area contributed by atoms with Crippen LogP contribution in [-0.2, 0) is 6.18 Å². The number of fused-ring (bicyclic) bond motifs is 1. The predicted molar refractivity (Wildman–Crippen MR) is 97.4 cm³/mol. The van der Waals surface area contributed by atoms with Gasteiger partial charge in [0, 0.05) is 6.04 Å². The molecule has 0 aliphatic carbocycles. The Kier molecular flexibility index (Phi) is 5.38.